The van der Waals surface area contributed by atoms with Crippen LogP contribution in [-0.4, -0.2) is 61.0 Å². The van der Waals surface area contributed by atoms with Crippen molar-refractivity contribution >= 4 is 5.91 Å². The molecule has 6 heteroatoms. The van der Waals surface area contributed by atoms with Gasteiger partial charge in [-0.2, -0.15) is 0 Å². The number of nitrogens with zero attached hydrogens (tertiary/aromatic N) is 2. The summed E-state index contributed by atoms with van der Waals surface area (Å²) in [5, 5.41) is 0. The zero-order valence-electron chi connectivity index (χ0n) is 18.2. The number of benzene rings is 1. The van der Waals surface area contributed by atoms with Crippen LogP contribution in [-0.2, 0) is 11.2 Å². The molecule has 3 unspecified atom stereocenters. The van der Waals surface area contributed by atoms with Gasteiger partial charge in [-0.1, -0.05) is 32.0 Å². The maximum Gasteiger partial charge on any atom is 0.240 e. The van der Waals surface area contributed by atoms with E-state index >= 15 is 0 Å². The summed E-state index contributed by atoms with van der Waals surface area (Å²) in [5.74, 6) is 1.18. The SMILES string of the molecule is CC(C)CC1CC(C(=O)N(C)CC2CCCN(CCc3ccccc3F)C2)NN1. The van der Waals surface area contributed by atoms with E-state index in [1.54, 1.807) is 6.07 Å². The molecule has 29 heavy (non-hydrogen) atoms. The standard InChI is InChI=1S/C23H37FN4O/c1-17(2)13-20-14-22(26-25-20)23(29)27(3)15-18-7-6-11-28(16-18)12-10-19-8-4-5-9-21(19)24/h4-5,8-9,17-18,20,22,25-26H,6-7,10-16H2,1-3H3. The van der Waals surface area contributed by atoms with Crippen molar-refractivity contribution in [2.24, 2.45) is 11.8 Å². The Kier molecular flexibility index (Phi) is 8.04. The van der Waals surface area contributed by atoms with Gasteiger partial charge < -0.3 is 9.80 Å². The summed E-state index contributed by atoms with van der Waals surface area (Å²) in [4.78, 5) is 17.2. The van der Waals surface area contributed by atoms with Crippen LogP contribution in [0, 0.1) is 17.7 Å². The minimum Gasteiger partial charge on any atom is -0.344 e. The van der Waals surface area contributed by atoms with Gasteiger partial charge in [-0.3, -0.25) is 10.2 Å². The van der Waals surface area contributed by atoms with Crippen LogP contribution < -0.4 is 10.9 Å². The van der Waals surface area contributed by atoms with Gasteiger partial charge in [0, 0.05) is 32.7 Å². The summed E-state index contributed by atoms with van der Waals surface area (Å²) in [7, 11) is 1.93. The third-order valence-corrected chi connectivity index (χ3v) is 6.20. The highest BCUT2D eigenvalue weighted by molar-refractivity contribution is 5.82. The van der Waals surface area contributed by atoms with E-state index in [4.69, 9.17) is 0 Å². The van der Waals surface area contributed by atoms with Gasteiger partial charge in [-0.15, -0.1) is 0 Å². The number of carbonyl (C=O) groups excluding carboxylic acids is 1. The third-order valence-electron chi connectivity index (χ3n) is 6.20. The first-order valence-electron chi connectivity index (χ1n) is 11.1. The van der Waals surface area contributed by atoms with E-state index in [1.165, 1.54) is 6.07 Å². The molecule has 162 valence electrons. The van der Waals surface area contributed by atoms with E-state index in [2.05, 4.69) is 29.6 Å². The zero-order chi connectivity index (χ0) is 20.8. The first-order valence-corrected chi connectivity index (χ1v) is 11.1. The zero-order valence-corrected chi connectivity index (χ0v) is 18.2. The Labute approximate surface area is 175 Å². The van der Waals surface area contributed by atoms with Crippen molar-refractivity contribution in [1.82, 2.24) is 20.7 Å². The number of carbonyl (C=O) groups is 1. The second-order valence-electron chi connectivity index (χ2n) is 9.27. The van der Waals surface area contributed by atoms with Gasteiger partial charge in [0.25, 0.3) is 0 Å². The third kappa shape index (κ3) is 6.49. The smallest absolute Gasteiger partial charge is 0.240 e. The number of amides is 1. The molecule has 2 aliphatic rings. The molecule has 0 aliphatic carbocycles. The fourth-order valence-electron chi connectivity index (χ4n) is 4.73. The van der Waals surface area contributed by atoms with Gasteiger partial charge >= 0.3 is 0 Å². The van der Waals surface area contributed by atoms with Crippen LogP contribution in [0.4, 0.5) is 4.39 Å². The van der Waals surface area contributed by atoms with E-state index in [-0.39, 0.29) is 17.8 Å². The number of rotatable bonds is 8. The van der Waals surface area contributed by atoms with E-state index in [9.17, 15) is 9.18 Å². The Morgan fingerprint density at radius 3 is 2.86 bits per heavy atom. The second kappa shape index (κ2) is 10.5. The first kappa shape index (κ1) is 22.2. The lowest BCUT2D eigenvalue weighted by atomic mass is 9.96. The molecule has 0 radical (unpaired) electrons. The van der Waals surface area contributed by atoms with Crippen LogP contribution in [0.5, 0.6) is 0 Å². The molecule has 1 amide bonds. The fraction of sp³-hybridized carbons (Fsp3) is 0.696. The van der Waals surface area contributed by atoms with Crippen LogP contribution in [0.15, 0.2) is 24.3 Å². The van der Waals surface area contributed by atoms with E-state index < -0.39 is 0 Å². The maximum atomic E-state index is 13.9. The summed E-state index contributed by atoms with van der Waals surface area (Å²) in [6.07, 6.45) is 4.98. The lowest BCUT2D eigenvalue weighted by molar-refractivity contribution is -0.132. The predicted octanol–water partition coefficient (Wildman–Crippen LogP) is 2.82. The molecule has 0 aromatic heterocycles. The van der Waals surface area contributed by atoms with E-state index in [0.717, 1.165) is 63.8 Å². The quantitative estimate of drug-likeness (QED) is 0.700. The molecule has 3 atom stereocenters. The number of likely N-dealkylation sites (tertiary alicyclic amines) is 1. The second-order valence-corrected chi connectivity index (χ2v) is 9.27. The average Bonchev–Trinajstić information content (AvgIpc) is 3.14. The van der Waals surface area contributed by atoms with Gasteiger partial charge in [-0.25, -0.2) is 9.82 Å². The van der Waals surface area contributed by atoms with Crippen LogP contribution in [0.2, 0.25) is 0 Å². The van der Waals surface area contributed by atoms with Gasteiger partial charge in [0.1, 0.15) is 11.9 Å². The molecule has 5 nitrogen and oxygen atoms in total. The molecular weight excluding hydrogens is 367 g/mol. The molecule has 2 N–H and O–H groups in total. The Hall–Kier alpha value is -1.50. The number of piperidine rings is 1. The Bertz CT molecular complexity index is 668. The lowest BCUT2D eigenvalue weighted by Gasteiger charge is -2.35. The summed E-state index contributed by atoms with van der Waals surface area (Å²) >= 11 is 0. The molecule has 1 aromatic rings. The first-order chi connectivity index (χ1) is 13.9. The average molecular weight is 405 g/mol. The highest BCUT2D eigenvalue weighted by Gasteiger charge is 2.32. The Morgan fingerprint density at radius 1 is 1.31 bits per heavy atom. The van der Waals surface area contributed by atoms with Crippen molar-refractivity contribution < 1.29 is 9.18 Å². The number of halogens is 1. The van der Waals surface area contributed by atoms with Crippen molar-refractivity contribution in [3.8, 4) is 0 Å². The molecule has 2 saturated heterocycles. The molecule has 0 saturated carbocycles. The van der Waals surface area contributed by atoms with Crippen molar-refractivity contribution in [3.05, 3.63) is 35.6 Å². The minimum atomic E-state index is -0.121. The number of hydrogen-bond acceptors (Lipinski definition) is 4. The van der Waals surface area contributed by atoms with Gasteiger partial charge in [0.05, 0.1) is 0 Å². The highest BCUT2D eigenvalue weighted by Crippen LogP contribution is 2.20. The van der Waals surface area contributed by atoms with Crippen molar-refractivity contribution in [2.75, 3.05) is 33.2 Å². The summed E-state index contributed by atoms with van der Waals surface area (Å²) in [6, 6.07) is 7.30. The van der Waals surface area contributed by atoms with Crippen LogP contribution in [0.1, 0.15) is 45.1 Å². The van der Waals surface area contributed by atoms with Crippen LogP contribution in [0.3, 0.4) is 0 Å². The summed E-state index contributed by atoms with van der Waals surface area (Å²) < 4.78 is 13.9. The Morgan fingerprint density at radius 2 is 2.10 bits per heavy atom. The maximum absolute atomic E-state index is 13.9. The molecule has 2 aliphatic heterocycles. The highest BCUT2D eigenvalue weighted by atomic mass is 19.1. The fourth-order valence-corrected chi connectivity index (χ4v) is 4.73. The van der Waals surface area contributed by atoms with Crippen LogP contribution in [0.25, 0.3) is 0 Å². The van der Waals surface area contributed by atoms with Crippen molar-refractivity contribution in [2.45, 2.75) is 58.0 Å². The summed E-state index contributed by atoms with van der Waals surface area (Å²) in [5.41, 5.74) is 7.27. The molecular formula is C23H37FN4O. The van der Waals surface area contributed by atoms with Crippen molar-refractivity contribution in [3.63, 3.8) is 0 Å². The van der Waals surface area contributed by atoms with Crippen LogP contribution >= 0.6 is 0 Å². The van der Waals surface area contributed by atoms with Crippen molar-refractivity contribution in [1.29, 1.82) is 0 Å². The molecule has 0 spiro atoms. The van der Waals surface area contributed by atoms with E-state index in [0.29, 0.717) is 17.9 Å². The minimum absolute atomic E-state index is 0.111. The predicted molar refractivity (Wildman–Crippen MR) is 115 cm³/mol. The van der Waals surface area contributed by atoms with Gasteiger partial charge in [-0.05, 0) is 62.1 Å². The molecule has 2 fully saturated rings. The summed E-state index contributed by atoms with van der Waals surface area (Å²) in [6.45, 7) is 8.14. The monoisotopic (exact) mass is 404 g/mol. The topological polar surface area (TPSA) is 47.6 Å². The number of nitrogens with one attached hydrogen (secondary N) is 2. The number of hydrazine groups is 1. The molecule has 1 aromatic carbocycles. The van der Waals surface area contributed by atoms with Gasteiger partial charge in [0.15, 0.2) is 0 Å². The molecule has 3 rings (SSSR count). The molecule has 2 heterocycles. The number of hydrogen-bond donors (Lipinski definition) is 2. The number of likely N-dealkylation sites (N-methyl/N-ethyl adjacent to an activating group) is 1. The van der Waals surface area contributed by atoms with Gasteiger partial charge in [0.2, 0.25) is 5.91 Å². The normalized spacial score (nSPS) is 25.5. The van der Waals surface area contributed by atoms with E-state index in [1.807, 2.05) is 24.1 Å². The lowest BCUT2D eigenvalue weighted by Crippen LogP contribution is -2.47. The largest absolute Gasteiger partial charge is 0.344 e. The molecule has 0 bridgehead atoms. The Balaban J connectivity index is 1.43.